The molecule has 4 nitrogen and oxygen atoms in total. The summed E-state index contributed by atoms with van der Waals surface area (Å²) < 4.78 is 6.50. The molecule has 0 saturated carbocycles. The first kappa shape index (κ1) is 10.2. The van der Waals surface area contributed by atoms with Crippen molar-refractivity contribution >= 4 is 28.2 Å². The van der Waals surface area contributed by atoms with E-state index >= 15 is 0 Å². The van der Waals surface area contributed by atoms with E-state index in [-0.39, 0.29) is 0 Å². The molecular weight excluding hydrogens is 218 g/mol. The lowest BCUT2D eigenvalue weighted by Crippen LogP contribution is -2.18. The molecule has 0 spiro atoms. The predicted octanol–water partition coefficient (Wildman–Crippen LogP) is 1.85. The van der Waals surface area contributed by atoms with Crippen molar-refractivity contribution in [2.75, 3.05) is 24.7 Å². The maximum Gasteiger partial charge on any atom is 0.206 e. The van der Waals surface area contributed by atoms with E-state index in [1.165, 1.54) is 6.42 Å². The molecule has 14 heavy (non-hydrogen) atoms. The first-order valence-electron chi connectivity index (χ1n) is 4.61. The normalized spacial score (nSPS) is 21.4. The van der Waals surface area contributed by atoms with Gasteiger partial charge in [0.1, 0.15) is 0 Å². The van der Waals surface area contributed by atoms with Gasteiger partial charge < -0.3 is 10.1 Å². The average molecular weight is 231 g/mol. The number of aromatic nitrogens is 2. The molecule has 0 radical (unpaired) electrons. The molecule has 0 amide bonds. The van der Waals surface area contributed by atoms with Crippen molar-refractivity contribution in [1.82, 2.24) is 10.2 Å². The fourth-order valence-corrected chi connectivity index (χ4v) is 2.55. The lowest BCUT2D eigenvalue weighted by atomic mass is 10.2. The van der Waals surface area contributed by atoms with Crippen molar-refractivity contribution in [3.8, 4) is 0 Å². The zero-order chi connectivity index (χ0) is 9.80. The molecule has 1 aromatic rings. The number of hydrogen-bond acceptors (Lipinski definition) is 6. The molecule has 1 aliphatic rings. The molecule has 0 aliphatic carbocycles. The van der Waals surface area contributed by atoms with E-state index in [9.17, 15) is 0 Å². The molecule has 1 saturated heterocycles. The van der Waals surface area contributed by atoms with Gasteiger partial charge in [-0.2, -0.15) is 0 Å². The van der Waals surface area contributed by atoms with E-state index in [0.29, 0.717) is 6.10 Å². The van der Waals surface area contributed by atoms with Crippen molar-refractivity contribution in [2.45, 2.75) is 23.3 Å². The number of anilines is 1. The minimum atomic E-state index is 0.358. The predicted molar refractivity (Wildman–Crippen MR) is 59.2 cm³/mol. The standard InChI is InChI=1S/C8H13N3OS2/c1-13-8-11-10-7(14-8)9-5-6-3-2-4-12-6/h6H,2-5H2,1H3,(H,9,10)/t6-/m1/s1. The van der Waals surface area contributed by atoms with E-state index in [1.807, 2.05) is 6.26 Å². The monoisotopic (exact) mass is 231 g/mol. The molecule has 0 bridgehead atoms. The summed E-state index contributed by atoms with van der Waals surface area (Å²) in [5.74, 6) is 0. The quantitative estimate of drug-likeness (QED) is 0.801. The van der Waals surface area contributed by atoms with Crippen LogP contribution in [0.25, 0.3) is 0 Å². The van der Waals surface area contributed by atoms with Gasteiger partial charge in [-0.05, 0) is 19.1 Å². The Bertz CT molecular complexity index is 286. The Morgan fingerprint density at radius 2 is 2.57 bits per heavy atom. The van der Waals surface area contributed by atoms with Crippen molar-refractivity contribution in [3.05, 3.63) is 0 Å². The van der Waals surface area contributed by atoms with E-state index < -0.39 is 0 Å². The summed E-state index contributed by atoms with van der Waals surface area (Å²) in [6.07, 6.45) is 4.70. The Balaban J connectivity index is 1.79. The van der Waals surface area contributed by atoms with E-state index in [2.05, 4.69) is 15.5 Å². The first-order valence-corrected chi connectivity index (χ1v) is 6.65. The van der Waals surface area contributed by atoms with Crippen LogP contribution in [0.2, 0.25) is 0 Å². The average Bonchev–Trinajstić information content (AvgIpc) is 2.86. The number of ether oxygens (including phenoxy) is 1. The smallest absolute Gasteiger partial charge is 0.206 e. The molecule has 0 unspecified atom stereocenters. The topological polar surface area (TPSA) is 47.0 Å². The summed E-state index contributed by atoms with van der Waals surface area (Å²) in [6, 6.07) is 0. The number of hydrogen-bond donors (Lipinski definition) is 1. The lowest BCUT2D eigenvalue weighted by molar-refractivity contribution is 0.120. The van der Waals surface area contributed by atoms with Crippen molar-refractivity contribution in [1.29, 1.82) is 0 Å². The van der Waals surface area contributed by atoms with Crippen molar-refractivity contribution < 1.29 is 4.74 Å². The van der Waals surface area contributed by atoms with Crippen LogP contribution in [-0.4, -0.2) is 35.7 Å². The summed E-state index contributed by atoms with van der Waals surface area (Å²) >= 11 is 3.21. The Morgan fingerprint density at radius 3 is 3.21 bits per heavy atom. The van der Waals surface area contributed by atoms with E-state index in [1.54, 1.807) is 23.1 Å². The lowest BCUT2D eigenvalue weighted by Gasteiger charge is -2.08. The van der Waals surface area contributed by atoms with Crippen LogP contribution >= 0.6 is 23.1 Å². The van der Waals surface area contributed by atoms with Gasteiger partial charge in [0, 0.05) is 13.2 Å². The third-order valence-corrected chi connectivity index (χ3v) is 3.94. The molecule has 2 rings (SSSR count). The van der Waals surface area contributed by atoms with Gasteiger partial charge in [0.05, 0.1) is 6.10 Å². The molecule has 1 aliphatic heterocycles. The van der Waals surface area contributed by atoms with Crippen LogP contribution in [0.15, 0.2) is 4.34 Å². The van der Waals surface area contributed by atoms with Crippen molar-refractivity contribution in [2.24, 2.45) is 0 Å². The highest BCUT2D eigenvalue weighted by Crippen LogP contribution is 2.23. The fourth-order valence-electron chi connectivity index (χ4n) is 1.37. The fraction of sp³-hybridized carbons (Fsp3) is 0.750. The zero-order valence-electron chi connectivity index (χ0n) is 8.02. The molecule has 1 atom stereocenters. The van der Waals surface area contributed by atoms with Gasteiger partial charge >= 0.3 is 0 Å². The third kappa shape index (κ3) is 2.59. The van der Waals surface area contributed by atoms with Crippen LogP contribution in [0.5, 0.6) is 0 Å². The number of thioether (sulfide) groups is 1. The highest BCUT2D eigenvalue weighted by molar-refractivity contribution is 8.00. The van der Waals surface area contributed by atoms with Crippen LogP contribution in [0.3, 0.4) is 0 Å². The SMILES string of the molecule is CSc1nnc(NC[C@H]2CCCO2)s1. The van der Waals surface area contributed by atoms with Crippen LogP contribution < -0.4 is 5.32 Å². The largest absolute Gasteiger partial charge is 0.376 e. The minimum Gasteiger partial charge on any atom is -0.376 e. The van der Waals surface area contributed by atoms with Gasteiger partial charge in [-0.3, -0.25) is 0 Å². The first-order chi connectivity index (χ1) is 6.88. The second-order valence-electron chi connectivity index (χ2n) is 3.09. The maximum atomic E-state index is 5.50. The Labute approximate surface area is 91.4 Å². The van der Waals surface area contributed by atoms with Gasteiger partial charge in [-0.15, -0.1) is 10.2 Å². The number of nitrogens with one attached hydrogen (secondary N) is 1. The summed E-state index contributed by atoms with van der Waals surface area (Å²) in [7, 11) is 0. The van der Waals surface area contributed by atoms with Crippen LogP contribution in [0, 0.1) is 0 Å². The molecule has 1 fully saturated rings. The van der Waals surface area contributed by atoms with Gasteiger partial charge in [-0.1, -0.05) is 23.1 Å². The zero-order valence-corrected chi connectivity index (χ0v) is 9.66. The Hall–Kier alpha value is -0.330. The second-order valence-corrected chi connectivity index (χ2v) is 5.12. The van der Waals surface area contributed by atoms with Crippen LogP contribution in [0.4, 0.5) is 5.13 Å². The highest BCUT2D eigenvalue weighted by Gasteiger charge is 2.15. The van der Waals surface area contributed by atoms with E-state index in [0.717, 1.165) is 29.0 Å². The minimum absolute atomic E-state index is 0.358. The van der Waals surface area contributed by atoms with E-state index in [4.69, 9.17) is 4.74 Å². The highest BCUT2D eigenvalue weighted by atomic mass is 32.2. The number of rotatable bonds is 4. The summed E-state index contributed by atoms with van der Waals surface area (Å²) in [5, 5.41) is 12.2. The van der Waals surface area contributed by atoms with Crippen LogP contribution in [0.1, 0.15) is 12.8 Å². The number of nitrogens with zero attached hydrogens (tertiary/aromatic N) is 2. The summed E-state index contributed by atoms with van der Waals surface area (Å²) in [6.45, 7) is 1.75. The van der Waals surface area contributed by atoms with Gasteiger partial charge in [0.25, 0.3) is 0 Å². The van der Waals surface area contributed by atoms with Crippen molar-refractivity contribution in [3.63, 3.8) is 0 Å². The molecule has 2 heterocycles. The molecular formula is C8H13N3OS2. The Kier molecular flexibility index (Phi) is 3.61. The van der Waals surface area contributed by atoms with Gasteiger partial charge in [0.2, 0.25) is 5.13 Å². The maximum absolute atomic E-state index is 5.50. The van der Waals surface area contributed by atoms with Gasteiger partial charge in [0.15, 0.2) is 4.34 Å². The molecule has 1 N–H and O–H groups in total. The molecule has 0 aromatic carbocycles. The molecule has 78 valence electrons. The second kappa shape index (κ2) is 4.95. The van der Waals surface area contributed by atoms with Crippen LogP contribution in [-0.2, 0) is 4.74 Å². The molecule has 1 aromatic heterocycles. The molecule has 6 heteroatoms. The third-order valence-electron chi connectivity index (χ3n) is 2.09. The summed E-state index contributed by atoms with van der Waals surface area (Å²) in [4.78, 5) is 0. The Morgan fingerprint density at radius 1 is 1.64 bits per heavy atom. The summed E-state index contributed by atoms with van der Waals surface area (Å²) in [5.41, 5.74) is 0. The van der Waals surface area contributed by atoms with Gasteiger partial charge in [-0.25, -0.2) is 0 Å².